The molecule has 0 spiro atoms. The van der Waals surface area contributed by atoms with E-state index in [1.54, 1.807) is 4.57 Å². The average molecular weight is 854 g/mol. The van der Waals surface area contributed by atoms with E-state index in [1.165, 1.54) is 167 Å². The number of phosphoric acid groups is 1. The third-order valence-electron chi connectivity index (χ3n) is 11.5. The Kier molecular flexibility index (Phi) is 28.8. The number of imidazole rings is 1. The largest absolute Gasteiger partial charge is 0.472 e. The number of aliphatic hydroxyl groups is 1. The van der Waals surface area contributed by atoms with Crippen molar-refractivity contribution in [1.82, 2.24) is 19.5 Å². The number of nitrogen functional groups attached to an aromatic ring is 1. The first-order chi connectivity index (χ1) is 28.9. The molecule has 3 heterocycles. The number of unbranched alkanes of at least 4 members (excludes halogenated alkanes) is 26. The molecular formula is C45H84N5O8P. The van der Waals surface area contributed by atoms with Crippen molar-refractivity contribution >= 4 is 24.8 Å². The van der Waals surface area contributed by atoms with Gasteiger partial charge in [-0.1, -0.05) is 181 Å². The molecule has 2 aromatic rings. The molecule has 14 heteroatoms. The molecule has 3 rings (SSSR count). The third-order valence-corrected chi connectivity index (χ3v) is 12.5. The van der Waals surface area contributed by atoms with Gasteiger partial charge in [0.2, 0.25) is 0 Å². The Labute approximate surface area is 357 Å². The van der Waals surface area contributed by atoms with Gasteiger partial charge in [0.05, 0.1) is 32.3 Å². The molecule has 59 heavy (non-hydrogen) atoms. The lowest BCUT2D eigenvalue weighted by molar-refractivity contribution is -0.0592. The smallest absolute Gasteiger partial charge is 0.394 e. The van der Waals surface area contributed by atoms with Gasteiger partial charge < -0.3 is 29.9 Å². The first kappa shape index (κ1) is 51.6. The summed E-state index contributed by atoms with van der Waals surface area (Å²) in [6, 6.07) is 0. The molecule has 1 aliphatic rings. The van der Waals surface area contributed by atoms with Crippen LogP contribution in [0, 0.1) is 0 Å². The summed E-state index contributed by atoms with van der Waals surface area (Å²) < 4.78 is 44.4. The van der Waals surface area contributed by atoms with Gasteiger partial charge in [-0.3, -0.25) is 13.6 Å². The van der Waals surface area contributed by atoms with E-state index in [0.717, 1.165) is 25.7 Å². The Hall–Kier alpha value is -1.70. The number of aromatic nitrogens is 4. The summed E-state index contributed by atoms with van der Waals surface area (Å²) in [4.78, 5) is 23.4. The van der Waals surface area contributed by atoms with Crippen molar-refractivity contribution in [3.63, 3.8) is 0 Å². The van der Waals surface area contributed by atoms with Crippen molar-refractivity contribution in [2.45, 2.75) is 225 Å². The minimum atomic E-state index is -4.58. The monoisotopic (exact) mass is 854 g/mol. The van der Waals surface area contributed by atoms with Crippen LogP contribution in [0.3, 0.4) is 0 Å². The maximum atomic E-state index is 13.4. The van der Waals surface area contributed by atoms with Gasteiger partial charge in [0.25, 0.3) is 0 Å². The summed E-state index contributed by atoms with van der Waals surface area (Å²) in [5.41, 5.74) is 6.73. The first-order valence-electron chi connectivity index (χ1n) is 23.9. The van der Waals surface area contributed by atoms with Crippen LogP contribution in [0.25, 0.3) is 11.2 Å². The summed E-state index contributed by atoms with van der Waals surface area (Å²) in [6.07, 6.45) is 36.2. The first-order valence-corrected chi connectivity index (χ1v) is 25.4. The van der Waals surface area contributed by atoms with E-state index in [1.807, 2.05) is 0 Å². The van der Waals surface area contributed by atoms with Gasteiger partial charge >= 0.3 is 7.82 Å². The van der Waals surface area contributed by atoms with Crippen LogP contribution < -0.4 is 5.73 Å². The molecule has 2 aromatic heterocycles. The quantitative estimate of drug-likeness (QED) is 0.0428. The van der Waals surface area contributed by atoms with Crippen LogP contribution in [0.2, 0.25) is 0 Å². The summed E-state index contributed by atoms with van der Waals surface area (Å²) in [6.45, 7) is 5.49. The minimum Gasteiger partial charge on any atom is -0.394 e. The molecule has 5 atom stereocenters. The van der Waals surface area contributed by atoms with E-state index in [0.29, 0.717) is 24.4 Å². The molecule has 0 amide bonds. The maximum absolute atomic E-state index is 13.4. The molecular weight excluding hydrogens is 769 g/mol. The van der Waals surface area contributed by atoms with E-state index < -0.39 is 32.4 Å². The van der Waals surface area contributed by atoms with Crippen molar-refractivity contribution in [2.24, 2.45) is 0 Å². The van der Waals surface area contributed by atoms with Gasteiger partial charge in [0.1, 0.15) is 24.1 Å². The average Bonchev–Trinajstić information content (AvgIpc) is 3.85. The zero-order valence-electron chi connectivity index (χ0n) is 37.2. The molecule has 0 aromatic carbocycles. The Morgan fingerprint density at radius 2 is 1.22 bits per heavy atom. The standard InChI is InChI=1S/C45H84N5O8P/c1-3-5-7-9-11-13-15-17-19-21-23-25-27-29-31-54-35-40(55-32-30-28-26-24-22-20-18-16-14-12-10-8-6-4-2)36-56-59(52,53)58-41-33-39(34-51)57-45(41)50-38-49-42-43(46)47-37-48-44(42)50/h37-41,45,51H,3-36H2,1-2H3,(H,52,53)(H2,46,47,48)/t39-,40?,41+,45+/m0/s1. The number of fused-ring (bicyclic) bond motifs is 1. The molecule has 1 aliphatic heterocycles. The lowest BCUT2D eigenvalue weighted by Gasteiger charge is -2.24. The number of nitrogens with zero attached hydrogens (tertiary/aromatic N) is 4. The number of rotatable bonds is 40. The molecule has 0 radical (unpaired) electrons. The second-order valence-corrected chi connectivity index (χ2v) is 18.2. The van der Waals surface area contributed by atoms with Crippen LogP contribution in [0.1, 0.15) is 206 Å². The number of ether oxygens (including phenoxy) is 3. The summed E-state index contributed by atoms with van der Waals surface area (Å²) in [7, 11) is -4.58. The number of aliphatic hydroxyl groups excluding tert-OH is 1. The fraction of sp³-hybridized carbons (Fsp3) is 0.889. The van der Waals surface area contributed by atoms with Crippen molar-refractivity contribution in [1.29, 1.82) is 0 Å². The molecule has 0 saturated carbocycles. The Morgan fingerprint density at radius 1 is 0.729 bits per heavy atom. The maximum Gasteiger partial charge on any atom is 0.472 e. The normalized spacial score (nSPS) is 18.5. The van der Waals surface area contributed by atoms with Crippen LogP contribution in [-0.2, 0) is 27.8 Å². The third kappa shape index (κ3) is 22.8. The van der Waals surface area contributed by atoms with Crippen molar-refractivity contribution in [2.75, 3.05) is 38.8 Å². The highest BCUT2D eigenvalue weighted by molar-refractivity contribution is 7.47. The van der Waals surface area contributed by atoms with Crippen LogP contribution in [0.15, 0.2) is 12.7 Å². The Bertz CT molecular complexity index is 1350. The van der Waals surface area contributed by atoms with Crippen LogP contribution in [-0.4, -0.2) is 80.9 Å². The Balaban J connectivity index is 1.37. The van der Waals surface area contributed by atoms with Crippen LogP contribution >= 0.6 is 7.82 Å². The topological polar surface area (TPSA) is 173 Å². The highest BCUT2D eigenvalue weighted by Gasteiger charge is 2.42. The number of hydrogen-bond donors (Lipinski definition) is 3. The highest BCUT2D eigenvalue weighted by Crippen LogP contribution is 2.49. The predicted octanol–water partition coefficient (Wildman–Crippen LogP) is 11.6. The molecule has 1 saturated heterocycles. The molecule has 0 bridgehead atoms. The second-order valence-electron chi connectivity index (χ2n) is 16.8. The van der Waals surface area contributed by atoms with Gasteiger partial charge in [-0.2, -0.15) is 0 Å². The van der Waals surface area contributed by atoms with Gasteiger partial charge in [0.15, 0.2) is 17.7 Å². The van der Waals surface area contributed by atoms with Gasteiger partial charge in [-0.05, 0) is 12.8 Å². The fourth-order valence-electron chi connectivity index (χ4n) is 7.91. The molecule has 4 N–H and O–H groups in total. The number of hydrogen-bond acceptors (Lipinski definition) is 11. The van der Waals surface area contributed by atoms with Crippen LogP contribution in [0.4, 0.5) is 5.82 Å². The van der Waals surface area contributed by atoms with E-state index in [2.05, 4.69) is 28.8 Å². The zero-order valence-corrected chi connectivity index (χ0v) is 38.1. The molecule has 13 nitrogen and oxygen atoms in total. The number of anilines is 1. The molecule has 342 valence electrons. The predicted molar refractivity (Wildman–Crippen MR) is 237 cm³/mol. The fourth-order valence-corrected chi connectivity index (χ4v) is 8.86. The van der Waals surface area contributed by atoms with Gasteiger partial charge in [0, 0.05) is 19.6 Å². The lowest BCUT2D eigenvalue weighted by atomic mass is 10.0. The Morgan fingerprint density at radius 3 is 1.73 bits per heavy atom. The second kappa shape index (κ2) is 32.9. The SMILES string of the molecule is CCCCCCCCCCCCCCCCOCC(COP(=O)(O)O[C@@H]1C[C@@H](CO)O[C@H]1n1cnc2c(N)ncnc21)OCCCCCCCCCCCCCCCC. The highest BCUT2D eigenvalue weighted by atomic mass is 31.2. The number of nitrogens with two attached hydrogens (primary N) is 1. The van der Waals surface area contributed by atoms with Crippen molar-refractivity contribution in [3.8, 4) is 0 Å². The molecule has 0 aliphatic carbocycles. The van der Waals surface area contributed by atoms with Crippen LogP contribution in [0.5, 0.6) is 0 Å². The zero-order chi connectivity index (χ0) is 42.2. The molecule has 2 unspecified atom stereocenters. The minimum absolute atomic E-state index is 0.162. The van der Waals surface area contributed by atoms with Crippen molar-refractivity contribution in [3.05, 3.63) is 12.7 Å². The van der Waals surface area contributed by atoms with E-state index >= 15 is 0 Å². The lowest BCUT2D eigenvalue weighted by Crippen LogP contribution is -2.27. The summed E-state index contributed by atoms with van der Waals surface area (Å²) in [5, 5.41) is 9.85. The van der Waals surface area contributed by atoms with E-state index in [-0.39, 0.29) is 32.1 Å². The van der Waals surface area contributed by atoms with Gasteiger partial charge in [-0.25, -0.2) is 19.5 Å². The van der Waals surface area contributed by atoms with E-state index in [4.69, 9.17) is 29.0 Å². The summed E-state index contributed by atoms with van der Waals surface area (Å²) in [5.74, 6) is 0.200. The summed E-state index contributed by atoms with van der Waals surface area (Å²) >= 11 is 0. The molecule has 1 fully saturated rings. The van der Waals surface area contributed by atoms with E-state index in [9.17, 15) is 14.6 Å². The van der Waals surface area contributed by atoms with Crippen molar-refractivity contribution < 1.29 is 37.8 Å². The number of phosphoric ester groups is 1. The van der Waals surface area contributed by atoms with Gasteiger partial charge in [-0.15, -0.1) is 0 Å².